The summed E-state index contributed by atoms with van der Waals surface area (Å²) in [7, 11) is 1.76. The van der Waals surface area contributed by atoms with Crippen molar-refractivity contribution >= 4 is 11.9 Å². The van der Waals surface area contributed by atoms with Crippen LogP contribution in [0.1, 0.15) is 22.8 Å². The van der Waals surface area contributed by atoms with Crippen LogP contribution in [0.25, 0.3) is 0 Å². The maximum Gasteiger partial charge on any atom is 0.251 e. The number of rotatable bonds is 7. The van der Waals surface area contributed by atoms with Gasteiger partial charge in [-0.05, 0) is 24.6 Å². The lowest BCUT2D eigenvalue weighted by atomic mass is 10.1. The van der Waals surface area contributed by atoms with Crippen LogP contribution in [0.3, 0.4) is 0 Å². The molecule has 1 saturated heterocycles. The fourth-order valence-corrected chi connectivity index (χ4v) is 2.65. The predicted molar refractivity (Wildman–Crippen MR) is 99.9 cm³/mol. The number of hydrogen-bond acceptors (Lipinski definition) is 4. The first-order chi connectivity index (χ1) is 12.2. The van der Waals surface area contributed by atoms with Gasteiger partial charge in [0, 0.05) is 51.9 Å². The molecule has 0 saturated carbocycles. The highest BCUT2D eigenvalue weighted by molar-refractivity contribution is 5.94. The summed E-state index contributed by atoms with van der Waals surface area (Å²) in [6, 6.07) is 7.62. The third kappa shape index (κ3) is 6.72. The van der Waals surface area contributed by atoms with Crippen LogP contribution < -0.4 is 16.0 Å². The maximum atomic E-state index is 11.9. The van der Waals surface area contributed by atoms with Crippen molar-refractivity contribution < 1.29 is 9.53 Å². The summed E-state index contributed by atoms with van der Waals surface area (Å²) in [6.07, 6.45) is 0. The van der Waals surface area contributed by atoms with Gasteiger partial charge in [-0.2, -0.15) is 0 Å². The van der Waals surface area contributed by atoms with Crippen molar-refractivity contribution in [2.45, 2.75) is 13.5 Å². The lowest BCUT2D eigenvalue weighted by Crippen LogP contribution is -2.44. The Hall–Kier alpha value is -2.12. The number of carbonyl (C=O) groups excluding carboxylic acids is 1. The van der Waals surface area contributed by atoms with Crippen molar-refractivity contribution in [1.82, 2.24) is 20.9 Å². The second-order valence-corrected chi connectivity index (χ2v) is 5.87. The smallest absolute Gasteiger partial charge is 0.251 e. The normalized spacial score (nSPS) is 15.7. The summed E-state index contributed by atoms with van der Waals surface area (Å²) in [5.74, 6) is 0.717. The molecule has 0 atom stereocenters. The van der Waals surface area contributed by atoms with E-state index in [4.69, 9.17) is 4.74 Å². The quantitative estimate of drug-likeness (QED) is 0.493. The molecule has 1 heterocycles. The molecule has 1 amide bonds. The number of benzene rings is 1. The van der Waals surface area contributed by atoms with E-state index in [1.165, 1.54) is 0 Å². The van der Waals surface area contributed by atoms with Gasteiger partial charge in [0.15, 0.2) is 5.96 Å². The fraction of sp³-hybridized carbons (Fsp3) is 0.556. The molecule has 0 spiro atoms. The van der Waals surface area contributed by atoms with E-state index in [1.54, 1.807) is 7.05 Å². The maximum absolute atomic E-state index is 11.9. The zero-order valence-corrected chi connectivity index (χ0v) is 15.2. The number of nitrogens with zero attached hydrogens (tertiary/aromatic N) is 2. The van der Waals surface area contributed by atoms with E-state index in [1.807, 2.05) is 31.2 Å². The monoisotopic (exact) mass is 347 g/mol. The van der Waals surface area contributed by atoms with Crippen LogP contribution >= 0.6 is 0 Å². The Morgan fingerprint density at radius 2 is 2.04 bits per heavy atom. The summed E-state index contributed by atoms with van der Waals surface area (Å²) < 4.78 is 5.35. The highest BCUT2D eigenvalue weighted by Crippen LogP contribution is 2.05. The zero-order valence-electron chi connectivity index (χ0n) is 15.2. The van der Waals surface area contributed by atoms with Gasteiger partial charge in [0.05, 0.1) is 13.2 Å². The van der Waals surface area contributed by atoms with Crippen LogP contribution in [0.4, 0.5) is 0 Å². The molecule has 138 valence electrons. The van der Waals surface area contributed by atoms with E-state index in [2.05, 4.69) is 25.8 Å². The molecule has 2 rings (SSSR count). The first kappa shape index (κ1) is 19.2. The average molecular weight is 347 g/mol. The molecule has 0 aromatic heterocycles. The van der Waals surface area contributed by atoms with Gasteiger partial charge in [-0.3, -0.25) is 14.7 Å². The third-order valence-corrected chi connectivity index (χ3v) is 4.03. The first-order valence-corrected chi connectivity index (χ1v) is 8.84. The Kier molecular flexibility index (Phi) is 8.21. The van der Waals surface area contributed by atoms with Crippen LogP contribution in [0.5, 0.6) is 0 Å². The zero-order chi connectivity index (χ0) is 17.9. The molecule has 1 fully saturated rings. The van der Waals surface area contributed by atoms with Gasteiger partial charge in [-0.25, -0.2) is 0 Å². The molecule has 1 aliphatic heterocycles. The van der Waals surface area contributed by atoms with E-state index in [0.717, 1.165) is 50.9 Å². The Morgan fingerprint density at radius 3 is 2.76 bits per heavy atom. The van der Waals surface area contributed by atoms with Crippen LogP contribution in [0.15, 0.2) is 29.3 Å². The standard InChI is InChI=1S/C18H29N5O2/c1-3-20-17(24)16-6-4-5-15(13-16)14-22-18(19-2)21-7-8-23-9-11-25-12-10-23/h4-6,13H,3,7-12,14H2,1-2H3,(H,20,24)(H2,19,21,22). The van der Waals surface area contributed by atoms with Crippen molar-refractivity contribution in [3.05, 3.63) is 35.4 Å². The molecule has 7 nitrogen and oxygen atoms in total. The van der Waals surface area contributed by atoms with Gasteiger partial charge in [-0.15, -0.1) is 0 Å². The van der Waals surface area contributed by atoms with Crippen molar-refractivity contribution in [3.8, 4) is 0 Å². The number of guanidine groups is 1. The van der Waals surface area contributed by atoms with E-state index in [-0.39, 0.29) is 5.91 Å². The van der Waals surface area contributed by atoms with Gasteiger partial charge in [0.25, 0.3) is 5.91 Å². The van der Waals surface area contributed by atoms with Crippen LogP contribution in [-0.4, -0.2) is 69.8 Å². The van der Waals surface area contributed by atoms with E-state index >= 15 is 0 Å². The van der Waals surface area contributed by atoms with Crippen LogP contribution in [-0.2, 0) is 11.3 Å². The van der Waals surface area contributed by atoms with E-state index in [9.17, 15) is 4.79 Å². The molecule has 0 bridgehead atoms. The lowest BCUT2D eigenvalue weighted by Gasteiger charge is -2.26. The average Bonchev–Trinajstić information content (AvgIpc) is 2.66. The van der Waals surface area contributed by atoms with Gasteiger partial charge in [0.2, 0.25) is 0 Å². The molecule has 25 heavy (non-hydrogen) atoms. The molecular weight excluding hydrogens is 318 g/mol. The van der Waals surface area contributed by atoms with Crippen LogP contribution in [0.2, 0.25) is 0 Å². The number of nitrogens with one attached hydrogen (secondary N) is 3. The lowest BCUT2D eigenvalue weighted by molar-refractivity contribution is 0.0389. The molecular formula is C18H29N5O2. The Labute approximate surface area is 149 Å². The SMILES string of the molecule is CCNC(=O)c1cccc(CNC(=NC)NCCN2CCOCC2)c1. The van der Waals surface area contributed by atoms with Gasteiger partial charge in [-0.1, -0.05) is 12.1 Å². The second-order valence-electron chi connectivity index (χ2n) is 5.87. The summed E-state index contributed by atoms with van der Waals surface area (Å²) in [5, 5.41) is 9.42. The Morgan fingerprint density at radius 1 is 1.24 bits per heavy atom. The fourth-order valence-electron chi connectivity index (χ4n) is 2.65. The van der Waals surface area contributed by atoms with E-state index < -0.39 is 0 Å². The molecule has 0 aliphatic carbocycles. The Bertz CT molecular complexity index is 570. The second kappa shape index (κ2) is 10.7. The first-order valence-electron chi connectivity index (χ1n) is 8.84. The molecule has 1 aromatic carbocycles. The largest absolute Gasteiger partial charge is 0.379 e. The number of carbonyl (C=O) groups is 1. The van der Waals surface area contributed by atoms with Crippen LogP contribution in [0, 0.1) is 0 Å². The number of aliphatic imine (C=N–C) groups is 1. The minimum absolute atomic E-state index is 0.0441. The van der Waals surface area contributed by atoms with Crippen molar-refractivity contribution in [2.75, 3.05) is 53.0 Å². The topological polar surface area (TPSA) is 78.0 Å². The number of ether oxygens (including phenoxy) is 1. The van der Waals surface area contributed by atoms with Crippen molar-refractivity contribution in [3.63, 3.8) is 0 Å². The number of hydrogen-bond donors (Lipinski definition) is 3. The molecule has 1 aromatic rings. The molecule has 0 unspecified atom stereocenters. The minimum atomic E-state index is -0.0441. The van der Waals surface area contributed by atoms with Gasteiger partial charge < -0.3 is 20.7 Å². The molecule has 7 heteroatoms. The minimum Gasteiger partial charge on any atom is -0.379 e. The molecule has 0 radical (unpaired) electrons. The van der Waals surface area contributed by atoms with Gasteiger partial charge in [0.1, 0.15) is 0 Å². The van der Waals surface area contributed by atoms with E-state index in [0.29, 0.717) is 18.7 Å². The summed E-state index contributed by atoms with van der Waals surface area (Å²) in [4.78, 5) is 18.5. The number of amides is 1. The van der Waals surface area contributed by atoms with Crippen molar-refractivity contribution in [1.29, 1.82) is 0 Å². The number of morpholine rings is 1. The highest BCUT2D eigenvalue weighted by Gasteiger charge is 2.10. The summed E-state index contributed by atoms with van der Waals surface area (Å²) in [6.45, 7) is 8.56. The van der Waals surface area contributed by atoms with Gasteiger partial charge >= 0.3 is 0 Å². The molecule has 3 N–H and O–H groups in total. The highest BCUT2D eigenvalue weighted by atomic mass is 16.5. The predicted octanol–water partition coefficient (Wildman–Crippen LogP) is 0.434. The summed E-state index contributed by atoms with van der Waals surface area (Å²) >= 11 is 0. The Balaban J connectivity index is 1.76. The third-order valence-electron chi connectivity index (χ3n) is 4.03. The van der Waals surface area contributed by atoms with Crippen molar-refractivity contribution in [2.24, 2.45) is 4.99 Å². The molecule has 1 aliphatic rings. The summed E-state index contributed by atoms with van der Waals surface area (Å²) in [5.41, 5.74) is 1.72.